The summed E-state index contributed by atoms with van der Waals surface area (Å²) < 4.78 is 0. The van der Waals surface area contributed by atoms with Crippen molar-refractivity contribution < 1.29 is 0 Å². The van der Waals surface area contributed by atoms with Gasteiger partial charge in [-0.2, -0.15) is 0 Å². The fraction of sp³-hybridized carbons (Fsp3) is 0.417. The molecule has 0 spiro atoms. The van der Waals surface area contributed by atoms with Gasteiger partial charge in [-0.05, 0) is 37.7 Å². The van der Waals surface area contributed by atoms with Crippen molar-refractivity contribution in [2.45, 2.75) is 13.3 Å². The third kappa shape index (κ3) is 4.49. The van der Waals surface area contributed by atoms with Crippen LogP contribution in [-0.2, 0) is 0 Å². The fourth-order valence-corrected chi connectivity index (χ4v) is 1.69. The van der Waals surface area contributed by atoms with E-state index in [2.05, 4.69) is 41.4 Å². The zero-order chi connectivity index (χ0) is 11.8. The van der Waals surface area contributed by atoms with Gasteiger partial charge in [-0.25, -0.2) is 0 Å². The topological polar surface area (TPSA) is 41.3 Å². The molecule has 0 atom stereocenters. The molecule has 0 heterocycles. The second kappa shape index (κ2) is 7.06. The second-order valence-corrected chi connectivity index (χ2v) is 4.00. The van der Waals surface area contributed by atoms with Crippen molar-refractivity contribution >= 4 is 23.0 Å². The van der Waals surface area contributed by atoms with Gasteiger partial charge in [0, 0.05) is 25.3 Å². The molecule has 1 rings (SSSR count). The summed E-state index contributed by atoms with van der Waals surface area (Å²) in [5.41, 5.74) is 6.62. The Labute approximate surface area is 103 Å². The summed E-state index contributed by atoms with van der Waals surface area (Å²) in [5, 5.41) is 3.34. The average molecular weight is 237 g/mol. The van der Waals surface area contributed by atoms with Crippen LogP contribution < -0.4 is 16.0 Å². The summed E-state index contributed by atoms with van der Waals surface area (Å²) in [6.45, 7) is 5.01. The minimum absolute atomic E-state index is 0.378. The van der Waals surface area contributed by atoms with Crippen molar-refractivity contribution in [3.63, 3.8) is 0 Å². The van der Waals surface area contributed by atoms with Crippen molar-refractivity contribution in [1.29, 1.82) is 0 Å². The molecular formula is C12H19N3S. The Hall–Kier alpha value is -1.29. The molecular weight excluding hydrogens is 218 g/mol. The maximum Gasteiger partial charge on any atom is 0.163 e. The monoisotopic (exact) mass is 237 g/mol. The normalized spacial score (nSPS) is 9.81. The van der Waals surface area contributed by atoms with Crippen molar-refractivity contribution in [1.82, 2.24) is 5.32 Å². The van der Waals surface area contributed by atoms with Crippen molar-refractivity contribution in [3.8, 4) is 0 Å². The molecule has 0 unspecified atom stereocenters. The van der Waals surface area contributed by atoms with E-state index in [9.17, 15) is 0 Å². The highest BCUT2D eigenvalue weighted by Crippen LogP contribution is 2.12. The number of hydrogen-bond donors (Lipinski definition) is 2. The molecule has 1 aromatic rings. The molecule has 0 saturated heterocycles. The van der Waals surface area contributed by atoms with E-state index in [1.807, 2.05) is 6.07 Å². The first-order chi connectivity index (χ1) is 7.74. The number of nitrogens with two attached hydrogens (primary N) is 1. The average Bonchev–Trinajstić information content (AvgIpc) is 2.30. The van der Waals surface area contributed by atoms with Gasteiger partial charge in [-0.3, -0.25) is 0 Å². The van der Waals surface area contributed by atoms with Gasteiger partial charge < -0.3 is 16.0 Å². The van der Waals surface area contributed by atoms with Gasteiger partial charge in [0.2, 0.25) is 0 Å². The number of anilines is 1. The molecule has 3 N–H and O–H groups in total. The van der Waals surface area contributed by atoms with Crippen LogP contribution in [0.15, 0.2) is 30.3 Å². The highest BCUT2D eigenvalue weighted by Gasteiger charge is 2.02. The molecule has 0 radical (unpaired) electrons. The van der Waals surface area contributed by atoms with Gasteiger partial charge in [0.25, 0.3) is 0 Å². The first-order valence-electron chi connectivity index (χ1n) is 5.57. The number of benzene rings is 1. The highest BCUT2D eigenvalue weighted by atomic mass is 32.1. The summed E-state index contributed by atoms with van der Waals surface area (Å²) in [4.78, 5) is 2.33. The molecule has 0 amide bonds. The van der Waals surface area contributed by atoms with E-state index in [4.69, 9.17) is 18.0 Å². The Bertz CT molecular complexity index is 313. The lowest BCUT2D eigenvalue weighted by Crippen LogP contribution is -2.32. The molecule has 0 aliphatic rings. The van der Waals surface area contributed by atoms with E-state index >= 15 is 0 Å². The number of rotatable bonds is 6. The fourth-order valence-electron chi connectivity index (χ4n) is 1.59. The van der Waals surface area contributed by atoms with Crippen LogP contribution in [-0.4, -0.2) is 24.7 Å². The molecule has 88 valence electrons. The summed E-state index contributed by atoms with van der Waals surface area (Å²) in [6, 6.07) is 10.4. The molecule has 0 aliphatic heterocycles. The SMILES string of the molecule is CCN(CCCNC(N)=S)c1ccccc1. The van der Waals surface area contributed by atoms with Crippen LogP contribution in [0.2, 0.25) is 0 Å². The third-order valence-electron chi connectivity index (χ3n) is 2.41. The predicted molar refractivity (Wildman–Crippen MR) is 73.7 cm³/mol. The lowest BCUT2D eigenvalue weighted by molar-refractivity contribution is 0.725. The molecule has 1 aromatic carbocycles. The van der Waals surface area contributed by atoms with Crippen LogP contribution >= 0.6 is 12.2 Å². The third-order valence-corrected chi connectivity index (χ3v) is 2.55. The molecule has 0 aromatic heterocycles. The van der Waals surface area contributed by atoms with E-state index in [0.29, 0.717) is 5.11 Å². The van der Waals surface area contributed by atoms with Crippen molar-refractivity contribution in [2.24, 2.45) is 5.73 Å². The molecule has 4 heteroatoms. The Morgan fingerprint density at radius 3 is 2.62 bits per heavy atom. The molecule has 0 fully saturated rings. The van der Waals surface area contributed by atoms with E-state index < -0.39 is 0 Å². The van der Waals surface area contributed by atoms with Crippen LogP contribution in [0, 0.1) is 0 Å². The minimum Gasteiger partial charge on any atom is -0.376 e. The summed E-state index contributed by atoms with van der Waals surface area (Å²) in [5.74, 6) is 0. The standard InChI is InChI=1S/C12H19N3S/c1-2-15(10-6-9-14-12(13)16)11-7-4-3-5-8-11/h3-5,7-8H,2,6,9-10H2,1H3,(H3,13,14,16). The molecule has 0 bridgehead atoms. The largest absolute Gasteiger partial charge is 0.376 e. The first kappa shape index (κ1) is 12.8. The summed E-state index contributed by atoms with van der Waals surface area (Å²) in [6.07, 6.45) is 1.03. The number of thiocarbonyl (C=S) groups is 1. The van der Waals surface area contributed by atoms with Crippen molar-refractivity contribution in [2.75, 3.05) is 24.5 Å². The predicted octanol–water partition coefficient (Wildman–Crippen LogP) is 1.74. The molecule has 0 aliphatic carbocycles. The van der Waals surface area contributed by atoms with Gasteiger partial charge in [-0.15, -0.1) is 0 Å². The molecule has 0 saturated carbocycles. The Kier molecular flexibility index (Phi) is 5.64. The van der Waals surface area contributed by atoms with Crippen molar-refractivity contribution in [3.05, 3.63) is 30.3 Å². The maximum atomic E-state index is 5.36. The van der Waals surface area contributed by atoms with E-state index in [1.54, 1.807) is 0 Å². The van der Waals surface area contributed by atoms with Crippen LogP contribution in [0.1, 0.15) is 13.3 Å². The van der Waals surface area contributed by atoms with Crippen LogP contribution in [0.4, 0.5) is 5.69 Å². The summed E-state index contributed by atoms with van der Waals surface area (Å²) in [7, 11) is 0. The number of nitrogens with zero attached hydrogens (tertiary/aromatic N) is 1. The highest BCUT2D eigenvalue weighted by molar-refractivity contribution is 7.80. The van der Waals surface area contributed by atoms with Crippen LogP contribution in [0.5, 0.6) is 0 Å². The molecule has 16 heavy (non-hydrogen) atoms. The smallest absolute Gasteiger partial charge is 0.163 e. The lowest BCUT2D eigenvalue weighted by atomic mass is 10.2. The van der Waals surface area contributed by atoms with Crippen LogP contribution in [0.25, 0.3) is 0 Å². The van der Waals surface area contributed by atoms with E-state index in [0.717, 1.165) is 26.1 Å². The lowest BCUT2D eigenvalue weighted by Gasteiger charge is -2.23. The quantitative estimate of drug-likeness (QED) is 0.584. The van der Waals surface area contributed by atoms with Gasteiger partial charge in [0.15, 0.2) is 5.11 Å². The van der Waals surface area contributed by atoms with Gasteiger partial charge in [0.05, 0.1) is 0 Å². The Balaban J connectivity index is 2.35. The second-order valence-electron chi connectivity index (χ2n) is 3.56. The zero-order valence-electron chi connectivity index (χ0n) is 9.65. The number of hydrogen-bond acceptors (Lipinski definition) is 2. The maximum absolute atomic E-state index is 5.36. The Morgan fingerprint density at radius 1 is 1.38 bits per heavy atom. The summed E-state index contributed by atoms with van der Waals surface area (Å²) >= 11 is 4.75. The zero-order valence-corrected chi connectivity index (χ0v) is 10.5. The van der Waals surface area contributed by atoms with Gasteiger partial charge in [0.1, 0.15) is 0 Å². The number of para-hydroxylation sites is 1. The van der Waals surface area contributed by atoms with Gasteiger partial charge in [-0.1, -0.05) is 18.2 Å². The number of nitrogens with one attached hydrogen (secondary N) is 1. The van der Waals surface area contributed by atoms with Gasteiger partial charge >= 0.3 is 0 Å². The Morgan fingerprint density at radius 2 is 2.06 bits per heavy atom. The van der Waals surface area contributed by atoms with E-state index in [1.165, 1.54) is 5.69 Å². The van der Waals surface area contributed by atoms with Crippen LogP contribution in [0.3, 0.4) is 0 Å². The minimum atomic E-state index is 0.378. The first-order valence-corrected chi connectivity index (χ1v) is 5.98. The molecule has 3 nitrogen and oxygen atoms in total. The van der Waals surface area contributed by atoms with E-state index in [-0.39, 0.29) is 0 Å².